The Hall–Kier alpha value is -1.48. The molecule has 4 heteroatoms. The van der Waals surface area contributed by atoms with E-state index in [0.717, 1.165) is 37.3 Å². The average Bonchev–Trinajstić information content (AvgIpc) is 2.72. The van der Waals surface area contributed by atoms with Gasteiger partial charge in [-0.2, -0.15) is 5.10 Å². The molecule has 0 fully saturated rings. The minimum Gasteiger partial charge on any atom is -0.382 e. The van der Waals surface area contributed by atoms with Crippen LogP contribution in [0.25, 0.3) is 0 Å². The first-order chi connectivity index (χ1) is 8.79. The molecule has 0 aliphatic heterocycles. The fourth-order valence-electron chi connectivity index (χ4n) is 2.02. The molecule has 1 heterocycles. The molecule has 0 bridgehead atoms. The summed E-state index contributed by atoms with van der Waals surface area (Å²) in [6, 6.07) is 10.5. The van der Waals surface area contributed by atoms with E-state index in [1.54, 1.807) is 0 Å². The van der Waals surface area contributed by atoms with E-state index in [2.05, 4.69) is 60.8 Å². The lowest BCUT2D eigenvalue weighted by Crippen LogP contribution is -2.04. The predicted molar refractivity (Wildman–Crippen MR) is 83.1 cm³/mol. The van der Waals surface area contributed by atoms with Crippen LogP contribution in [0, 0.1) is 6.92 Å². The zero-order chi connectivity index (χ0) is 12.8. The Morgan fingerprint density at radius 1 is 1.21 bits per heavy atom. The number of rotatable bonds is 6. The van der Waals surface area contributed by atoms with Crippen LogP contribution in [0.3, 0.4) is 0 Å². The molecule has 1 aromatic carbocycles. The summed E-state index contributed by atoms with van der Waals surface area (Å²) in [5.41, 5.74) is 3.60. The molecule has 1 aromatic heterocycles. The molecule has 0 aliphatic rings. The number of aryl methyl sites for hydroxylation is 2. The minimum absolute atomic E-state index is 0. The lowest BCUT2D eigenvalue weighted by Gasteiger charge is -2.04. The highest BCUT2D eigenvalue weighted by Crippen LogP contribution is 2.12. The van der Waals surface area contributed by atoms with Gasteiger partial charge in [0.15, 0.2) is 0 Å². The van der Waals surface area contributed by atoms with Gasteiger partial charge in [-0.3, -0.25) is 4.68 Å². The number of nitrogens with one attached hydrogen (secondary N) is 1. The van der Waals surface area contributed by atoms with Crippen LogP contribution in [-0.2, 0) is 13.0 Å². The third-order valence-corrected chi connectivity index (χ3v) is 2.97. The summed E-state index contributed by atoms with van der Waals surface area (Å²) >= 11 is 0. The molecule has 104 valence electrons. The number of nitrogens with zero attached hydrogens (tertiary/aromatic N) is 2. The van der Waals surface area contributed by atoms with Crippen molar-refractivity contribution in [2.75, 3.05) is 11.9 Å². The van der Waals surface area contributed by atoms with Crippen molar-refractivity contribution in [3.05, 3.63) is 47.8 Å². The maximum absolute atomic E-state index is 4.48. The van der Waals surface area contributed by atoms with Gasteiger partial charge in [0.05, 0.1) is 11.4 Å². The van der Waals surface area contributed by atoms with Gasteiger partial charge in [0.1, 0.15) is 0 Å². The van der Waals surface area contributed by atoms with E-state index in [0.29, 0.717) is 0 Å². The van der Waals surface area contributed by atoms with Gasteiger partial charge in [0, 0.05) is 19.3 Å². The normalized spacial score (nSPS) is 10.0. The van der Waals surface area contributed by atoms with Crippen molar-refractivity contribution < 1.29 is 0 Å². The molecule has 0 saturated carbocycles. The van der Waals surface area contributed by atoms with Crippen LogP contribution < -0.4 is 5.32 Å². The van der Waals surface area contributed by atoms with E-state index in [9.17, 15) is 0 Å². The van der Waals surface area contributed by atoms with Crippen LogP contribution in [0.5, 0.6) is 0 Å². The van der Waals surface area contributed by atoms with Crippen molar-refractivity contribution in [1.82, 2.24) is 9.78 Å². The zero-order valence-corrected chi connectivity index (χ0v) is 12.4. The van der Waals surface area contributed by atoms with Crippen LogP contribution in [0.2, 0.25) is 0 Å². The van der Waals surface area contributed by atoms with E-state index >= 15 is 0 Å². The van der Waals surface area contributed by atoms with Gasteiger partial charge in [0.2, 0.25) is 0 Å². The van der Waals surface area contributed by atoms with E-state index < -0.39 is 0 Å². The predicted octanol–water partition coefficient (Wildman–Crippen LogP) is 3.68. The van der Waals surface area contributed by atoms with Gasteiger partial charge in [-0.1, -0.05) is 37.3 Å². The fraction of sp³-hybridized carbons (Fsp3) is 0.400. The highest BCUT2D eigenvalue weighted by Gasteiger charge is 2.03. The summed E-state index contributed by atoms with van der Waals surface area (Å²) in [6.45, 7) is 6.15. The second kappa shape index (κ2) is 7.85. The van der Waals surface area contributed by atoms with Crippen LogP contribution in [0.15, 0.2) is 36.5 Å². The minimum atomic E-state index is 0. The summed E-state index contributed by atoms with van der Waals surface area (Å²) < 4.78 is 2.01. The molecule has 0 saturated heterocycles. The molecule has 2 aromatic rings. The molecule has 19 heavy (non-hydrogen) atoms. The quantitative estimate of drug-likeness (QED) is 0.874. The average molecular weight is 280 g/mol. The van der Waals surface area contributed by atoms with Gasteiger partial charge < -0.3 is 5.32 Å². The zero-order valence-electron chi connectivity index (χ0n) is 11.6. The third-order valence-electron chi connectivity index (χ3n) is 2.97. The Kier molecular flexibility index (Phi) is 6.43. The number of anilines is 1. The summed E-state index contributed by atoms with van der Waals surface area (Å²) in [7, 11) is 0. The molecular formula is C15H22ClN3. The molecular weight excluding hydrogens is 258 g/mol. The number of benzene rings is 1. The molecule has 0 spiro atoms. The topological polar surface area (TPSA) is 29.9 Å². The maximum Gasteiger partial charge on any atom is 0.0825 e. The van der Waals surface area contributed by atoms with Crippen LogP contribution in [0.1, 0.15) is 24.6 Å². The fourth-order valence-corrected chi connectivity index (χ4v) is 2.02. The Bertz CT molecular complexity index is 479. The standard InChI is InChI=1S/C15H21N3.ClH/c1-3-11-18-12-15(13(2)17-18)16-10-9-14-7-5-4-6-8-14;/h4-8,12,16H,3,9-11H2,1-2H3;1H. The van der Waals surface area contributed by atoms with Crippen molar-refractivity contribution >= 4 is 18.1 Å². The van der Waals surface area contributed by atoms with Crippen LogP contribution >= 0.6 is 12.4 Å². The number of hydrogen-bond donors (Lipinski definition) is 1. The molecule has 0 unspecified atom stereocenters. The van der Waals surface area contributed by atoms with Crippen molar-refractivity contribution in [3.63, 3.8) is 0 Å². The van der Waals surface area contributed by atoms with Gasteiger partial charge in [-0.25, -0.2) is 0 Å². The monoisotopic (exact) mass is 279 g/mol. The second-order valence-electron chi connectivity index (χ2n) is 4.55. The number of hydrogen-bond acceptors (Lipinski definition) is 2. The van der Waals surface area contributed by atoms with Crippen LogP contribution in [0.4, 0.5) is 5.69 Å². The Labute approximate surface area is 121 Å². The molecule has 3 nitrogen and oxygen atoms in total. The third kappa shape index (κ3) is 4.60. The summed E-state index contributed by atoms with van der Waals surface area (Å²) in [6.07, 6.45) is 4.26. The summed E-state index contributed by atoms with van der Waals surface area (Å²) in [5.74, 6) is 0. The van der Waals surface area contributed by atoms with E-state index in [4.69, 9.17) is 0 Å². The van der Waals surface area contributed by atoms with Crippen molar-refractivity contribution in [1.29, 1.82) is 0 Å². The highest BCUT2D eigenvalue weighted by atomic mass is 35.5. The maximum atomic E-state index is 4.48. The first-order valence-corrected chi connectivity index (χ1v) is 6.61. The highest BCUT2D eigenvalue weighted by molar-refractivity contribution is 5.85. The second-order valence-corrected chi connectivity index (χ2v) is 4.55. The van der Waals surface area contributed by atoms with Crippen molar-refractivity contribution in [2.24, 2.45) is 0 Å². The molecule has 2 rings (SSSR count). The van der Waals surface area contributed by atoms with Crippen molar-refractivity contribution in [3.8, 4) is 0 Å². The first-order valence-electron chi connectivity index (χ1n) is 6.61. The Balaban J connectivity index is 0.00000180. The molecule has 0 aliphatic carbocycles. The van der Waals surface area contributed by atoms with E-state index in [1.165, 1.54) is 5.56 Å². The molecule has 0 radical (unpaired) electrons. The first kappa shape index (κ1) is 15.6. The van der Waals surface area contributed by atoms with Gasteiger partial charge in [-0.05, 0) is 25.3 Å². The Morgan fingerprint density at radius 3 is 2.63 bits per heavy atom. The van der Waals surface area contributed by atoms with Gasteiger partial charge >= 0.3 is 0 Å². The van der Waals surface area contributed by atoms with Gasteiger partial charge in [0.25, 0.3) is 0 Å². The smallest absolute Gasteiger partial charge is 0.0825 e. The SMILES string of the molecule is CCCn1cc(NCCc2ccccc2)c(C)n1.Cl. The van der Waals surface area contributed by atoms with E-state index in [-0.39, 0.29) is 12.4 Å². The molecule has 0 amide bonds. The molecule has 0 atom stereocenters. The summed E-state index contributed by atoms with van der Waals surface area (Å²) in [5, 5.41) is 7.94. The summed E-state index contributed by atoms with van der Waals surface area (Å²) in [4.78, 5) is 0. The largest absolute Gasteiger partial charge is 0.382 e. The van der Waals surface area contributed by atoms with Crippen LogP contribution in [-0.4, -0.2) is 16.3 Å². The Morgan fingerprint density at radius 2 is 1.95 bits per heavy atom. The molecule has 1 N–H and O–H groups in total. The lowest BCUT2D eigenvalue weighted by atomic mass is 10.1. The van der Waals surface area contributed by atoms with Gasteiger partial charge in [-0.15, -0.1) is 12.4 Å². The van der Waals surface area contributed by atoms with E-state index in [1.807, 2.05) is 4.68 Å². The van der Waals surface area contributed by atoms with Crippen molar-refractivity contribution in [2.45, 2.75) is 33.2 Å². The number of halogens is 1. The number of aromatic nitrogens is 2. The lowest BCUT2D eigenvalue weighted by molar-refractivity contribution is 0.598.